The minimum Gasteiger partial charge on any atom is -0.494 e. The number of para-hydroxylation sites is 1. The Hall–Kier alpha value is -2.89. The molecule has 2 aromatic carbocycles. The van der Waals surface area contributed by atoms with E-state index in [1.54, 1.807) is 30.3 Å². The maximum atomic E-state index is 13.5. The summed E-state index contributed by atoms with van der Waals surface area (Å²) in [5, 5.41) is 2.38. The molecular formula is C18H18FNO4. The normalized spacial score (nSPS) is 11.5. The van der Waals surface area contributed by atoms with E-state index in [0.29, 0.717) is 17.9 Å². The number of hydrogen-bond acceptors (Lipinski definition) is 4. The summed E-state index contributed by atoms with van der Waals surface area (Å²) in [6, 6.07) is 12.1. The number of amides is 1. The zero-order valence-electron chi connectivity index (χ0n) is 13.4. The zero-order chi connectivity index (χ0) is 17.5. The van der Waals surface area contributed by atoms with E-state index in [1.807, 2.05) is 6.92 Å². The Morgan fingerprint density at radius 1 is 1.12 bits per heavy atom. The van der Waals surface area contributed by atoms with Gasteiger partial charge in [0.2, 0.25) is 0 Å². The fraction of sp³-hybridized carbons (Fsp3) is 0.222. The van der Waals surface area contributed by atoms with E-state index in [1.165, 1.54) is 25.1 Å². The number of benzene rings is 2. The summed E-state index contributed by atoms with van der Waals surface area (Å²) in [4.78, 5) is 24.0. The van der Waals surface area contributed by atoms with E-state index in [0.717, 1.165) is 0 Å². The van der Waals surface area contributed by atoms with Crippen LogP contribution in [0.2, 0.25) is 0 Å². The SMILES string of the molecule is CCOc1ccc(C(=O)O[C@H](C)C(=O)Nc2ccccc2F)cc1. The highest BCUT2D eigenvalue weighted by Crippen LogP contribution is 2.15. The molecule has 0 aromatic heterocycles. The summed E-state index contributed by atoms with van der Waals surface area (Å²) in [5.41, 5.74) is 0.329. The first kappa shape index (κ1) is 17.5. The van der Waals surface area contributed by atoms with Crippen molar-refractivity contribution in [1.82, 2.24) is 0 Å². The van der Waals surface area contributed by atoms with E-state index in [4.69, 9.17) is 9.47 Å². The molecule has 6 heteroatoms. The molecule has 2 aromatic rings. The molecule has 0 saturated heterocycles. The van der Waals surface area contributed by atoms with Crippen LogP contribution >= 0.6 is 0 Å². The zero-order valence-corrected chi connectivity index (χ0v) is 13.4. The van der Waals surface area contributed by atoms with Gasteiger partial charge in [0.25, 0.3) is 5.91 Å². The lowest BCUT2D eigenvalue weighted by Crippen LogP contribution is -2.30. The molecule has 0 radical (unpaired) electrons. The first-order chi connectivity index (χ1) is 11.5. The predicted octanol–water partition coefficient (Wildman–Crippen LogP) is 3.41. The Morgan fingerprint density at radius 3 is 2.42 bits per heavy atom. The summed E-state index contributed by atoms with van der Waals surface area (Å²) in [5.74, 6) is -1.18. The molecular weight excluding hydrogens is 313 g/mol. The van der Waals surface area contributed by atoms with Crippen molar-refractivity contribution in [1.29, 1.82) is 0 Å². The van der Waals surface area contributed by atoms with E-state index in [9.17, 15) is 14.0 Å². The third kappa shape index (κ3) is 4.55. The van der Waals surface area contributed by atoms with Crippen molar-refractivity contribution < 1.29 is 23.5 Å². The molecule has 0 bridgehead atoms. The van der Waals surface area contributed by atoms with E-state index in [2.05, 4.69) is 5.32 Å². The van der Waals surface area contributed by atoms with Crippen molar-refractivity contribution in [3.8, 4) is 5.75 Å². The highest BCUT2D eigenvalue weighted by molar-refractivity contribution is 5.97. The number of nitrogens with one attached hydrogen (secondary N) is 1. The molecule has 126 valence electrons. The van der Waals surface area contributed by atoms with Crippen LogP contribution in [-0.2, 0) is 9.53 Å². The number of rotatable bonds is 6. The van der Waals surface area contributed by atoms with Crippen LogP contribution in [-0.4, -0.2) is 24.6 Å². The van der Waals surface area contributed by atoms with Gasteiger partial charge >= 0.3 is 5.97 Å². The lowest BCUT2D eigenvalue weighted by atomic mass is 10.2. The second kappa shape index (κ2) is 8.10. The highest BCUT2D eigenvalue weighted by Gasteiger charge is 2.20. The molecule has 5 nitrogen and oxygen atoms in total. The second-order valence-corrected chi connectivity index (χ2v) is 4.97. The minimum absolute atomic E-state index is 0.0338. The van der Waals surface area contributed by atoms with Crippen LogP contribution in [0.15, 0.2) is 48.5 Å². The first-order valence-corrected chi connectivity index (χ1v) is 7.50. The van der Waals surface area contributed by atoms with Crippen LogP contribution in [0.3, 0.4) is 0 Å². The maximum absolute atomic E-state index is 13.5. The molecule has 1 amide bonds. The van der Waals surface area contributed by atoms with E-state index < -0.39 is 23.8 Å². The van der Waals surface area contributed by atoms with E-state index >= 15 is 0 Å². The van der Waals surface area contributed by atoms with Crippen LogP contribution in [0.25, 0.3) is 0 Å². The molecule has 0 spiro atoms. The summed E-state index contributed by atoms with van der Waals surface area (Å²) >= 11 is 0. The van der Waals surface area contributed by atoms with Crippen LogP contribution < -0.4 is 10.1 Å². The van der Waals surface area contributed by atoms with Gasteiger partial charge in [0.15, 0.2) is 6.10 Å². The third-order valence-corrected chi connectivity index (χ3v) is 3.19. The predicted molar refractivity (Wildman–Crippen MR) is 87.5 cm³/mol. The number of carbonyl (C=O) groups excluding carboxylic acids is 2. The van der Waals surface area contributed by atoms with Crippen molar-refractivity contribution in [2.24, 2.45) is 0 Å². The number of carbonyl (C=O) groups is 2. The maximum Gasteiger partial charge on any atom is 0.338 e. The molecule has 1 N–H and O–H groups in total. The lowest BCUT2D eigenvalue weighted by molar-refractivity contribution is -0.123. The monoisotopic (exact) mass is 331 g/mol. The quantitative estimate of drug-likeness (QED) is 0.824. The number of ether oxygens (including phenoxy) is 2. The van der Waals surface area contributed by atoms with Gasteiger partial charge in [0.05, 0.1) is 17.9 Å². The van der Waals surface area contributed by atoms with Crippen LogP contribution in [0.5, 0.6) is 5.75 Å². The standard InChI is InChI=1S/C18H18FNO4/c1-3-23-14-10-8-13(9-11-14)18(22)24-12(2)17(21)20-16-7-5-4-6-15(16)19/h4-12H,3H2,1-2H3,(H,20,21)/t12-/m1/s1. The summed E-state index contributed by atoms with van der Waals surface area (Å²) < 4.78 is 23.9. The minimum atomic E-state index is -1.07. The van der Waals surface area contributed by atoms with Crippen molar-refractivity contribution in [2.75, 3.05) is 11.9 Å². The fourth-order valence-electron chi connectivity index (χ4n) is 1.93. The number of halogens is 1. The van der Waals surface area contributed by atoms with Crippen molar-refractivity contribution in [2.45, 2.75) is 20.0 Å². The van der Waals surface area contributed by atoms with E-state index in [-0.39, 0.29) is 5.69 Å². The lowest BCUT2D eigenvalue weighted by Gasteiger charge is -2.14. The van der Waals surface area contributed by atoms with Crippen molar-refractivity contribution in [3.05, 3.63) is 59.9 Å². The van der Waals surface area contributed by atoms with Gasteiger partial charge in [0, 0.05) is 0 Å². The Kier molecular flexibility index (Phi) is 5.89. The first-order valence-electron chi connectivity index (χ1n) is 7.50. The Labute approximate surface area is 139 Å². The van der Waals surface area contributed by atoms with Gasteiger partial charge in [-0.15, -0.1) is 0 Å². The Balaban J connectivity index is 1.95. The Bertz CT molecular complexity index is 715. The molecule has 0 aliphatic rings. The van der Waals surface area contributed by atoms with Crippen molar-refractivity contribution in [3.63, 3.8) is 0 Å². The molecule has 2 rings (SSSR count). The highest BCUT2D eigenvalue weighted by atomic mass is 19.1. The summed E-state index contributed by atoms with van der Waals surface area (Å²) in [6.07, 6.45) is -1.07. The topological polar surface area (TPSA) is 64.6 Å². The molecule has 0 saturated carbocycles. The molecule has 0 heterocycles. The molecule has 24 heavy (non-hydrogen) atoms. The average molecular weight is 331 g/mol. The average Bonchev–Trinajstić information content (AvgIpc) is 2.57. The van der Waals surface area contributed by atoms with Gasteiger partial charge < -0.3 is 14.8 Å². The summed E-state index contributed by atoms with van der Waals surface area (Å²) in [7, 11) is 0. The largest absolute Gasteiger partial charge is 0.494 e. The Morgan fingerprint density at radius 2 is 1.79 bits per heavy atom. The van der Waals surface area contributed by atoms with Gasteiger partial charge in [-0.1, -0.05) is 12.1 Å². The number of anilines is 1. The van der Waals surface area contributed by atoms with Crippen molar-refractivity contribution >= 4 is 17.6 Å². The molecule has 0 aliphatic heterocycles. The third-order valence-electron chi connectivity index (χ3n) is 3.19. The van der Waals surface area contributed by atoms with Crippen LogP contribution in [0.4, 0.5) is 10.1 Å². The second-order valence-electron chi connectivity index (χ2n) is 4.97. The number of esters is 1. The van der Waals surface area contributed by atoms with Gasteiger partial charge in [-0.2, -0.15) is 0 Å². The molecule has 0 unspecified atom stereocenters. The van der Waals surface area contributed by atoms with Crippen LogP contribution in [0.1, 0.15) is 24.2 Å². The van der Waals surface area contributed by atoms with Gasteiger partial charge in [-0.25, -0.2) is 9.18 Å². The van der Waals surface area contributed by atoms with Crippen LogP contribution in [0, 0.1) is 5.82 Å². The summed E-state index contributed by atoms with van der Waals surface area (Å²) in [6.45, 7) is 3.80. The van der Waals surface area contributed by atoms with Gasteiger partial charge in [-0.3, -0.25) is 4.79 Å². The molecule has 0 fully saturated rings. The van der Waals surface area contributed by atoms with Gasteiger partial charge in [0.1, 0.15) is 11.6 Å². The van der Waals surface area contributed by atoms with Gasteiger partial charge in [-0.05, 0) is 50.2 Å². The molecule has 0 aliphatic carbocycles. The fourth-order valence-corrected chi connectivity index (χ4v) is 1.93. The number of hydrogen-bond donors (Lipinski definition) is 1. The molecule has 1 atom stereocenters. The smallest absolute Gasteiger partial charge is 0.338 e.